The van der Waals surface area contributed by atoms with Gasteiger partial charge in [0.15, 0.2) is 0 Å². The molecular formula is C42H57N7O9. The van der Waals surface area contributed by atoms with Crippen LogP contribution >= 0.6 is 0 Å². The van der Waals surface area contributed by atoms with Gasteiger partial charge in [-0.05, 0) is 62.1 Å². The average Bonchev–Trinajstić information content (AvgIpc) is 3.83. The Bertz CT molecular complexity index is 1810. The molecule has 3 fully saturated rings. The van der Waals surface area contributed by atoms with Crippen LogP contribution < -0.4 is 31.9 Å². The Morgan fingerprint density at radius 3 is 2.10 bits per heavy atom. The van der Waals surface area contributed by atoms with Gasteiger partial charge in [-0.3, -0.25) is 33.6 Å². The van der Waals surface area contributed by atoms with Gasteiger partial charge < -0.3 is 47.0 Å². The van der Waals surface area contributed by atoms with Crippen molar-refractivity contribution in [2.45, 2.75) is 128 Å². The zero-order chi connectivity index (χ0) is 42.1. The van der Waals surface area contributed by atoms with Crippen LogP contribution in [0.5, 0.6) is 0 Å². The first-order valence-electron chi connectivity index (χ1n) is 20.2. The number of carbonyl (C=O) groups is 7. The molecule has 9 atom stereocenters. The molecule has 1 aliphatic carbocycles. The van der Waals surface area contributed by atoms with E-state index in [-0.39, 0.29) is 50.7 Å². The second-order valence-corrected chi connectivity index (χ2v) is 16.2. The number of fused-ring (bicyclic) bond motifs is 2. The summed E-state index contributed by atoms with van der Waals surface area (Å²) in [5, 5.41) is 36.9. The molecule has 16 heteroatoms. The summed E-state index contributed by atoms with van der Waals surface area (Å²) >= 11 is 0. The van der Waals surface area contributed by atoms with E-state index in [2.05, 4.69) is 31.9 Å². The van der Waals surface area contributed by atoms with Crippen molar-refractivity contribution < 1.29 is 43.8 Å². The molecule has 0 spiro atoms. The Balaban J connectivity index is 1.48. The lowest BCUT2D eigenvalue weighted by atomic mass is 9.98. The molecule has 0 aromatic heterocycles. The predicted molar refractivity (Wildman–Crippen MR) is 212 cm³/mol. The van der Waals surface area contributed by atoms with Gasteiger partial charge in [0.2, 0.25) is 41.4 Å². The summed E-state index contributed by atoms with van der Waals surface area (Å²) in [7, 11) is 0. The van der Waals surface area contributed by atoms with Gasteiger partial charge in [-0.2, -0.15) is 0 Å². The normalized spacial score (nSPS) is 28.1. The first-order valence-corrected chi connectivity index (χ1v) is 20.2. The fourth-order valence-electron chi connectivity index (χ4n) is 7.94. The number of benzene rings is 2. The number of rotatable bonds is 9. The molecule has 1 saturated carbocycles. The van der Waals surface area contributed by atoms with Crippen molar-refractivity contribution in [2.24, 2.45) is 11.8 Å². The fourth-order valence-corrected chi connectivity index (χ4v) is 7.94. The van der Waals surface area contributed by atoms with Crippen LogP contribution in [0.4, 0.5) is 0 Å². The summed E-state index contributed by atoms with van der Waals surface area (Å²) in [6.45, 7) is 6.34. The molecule has 2 saturated heterocycles. The molecule has 0 bridgehead atoms. The SMILES string of the molecule is CC(C)C[C@@H]1NC(=O)[C@@H]2CCC[C@H]2NC(=O)[C@H](C)NC(=O)C2C[C@@H](NC(=O)Cc3ccc(CO)cc3)CN2C(=O)[C@H](Cc2ccccc2)NC(=O)[C@H]([C@@H](C)O)NC1=O. The van der Waals surface area contributed by atoms with Crippen molar-refractivity contribution in [1.82, 2.24) is 36.8 Å². The maximum atomic E-state index is 14.7. The number of aliphatic hydroxyl groups excluding tert-OH is 2. The van der Waals surface area contributed by atoms with E-state index in [0.29, 0.717) is 36.0 Å². The summed E-state index contributed by atoms with van der Waals surface area (Å²) in [5.41, 5.74) is 2.06. The van der Waals surface area contributed by atoms with E-state index in [1.165, 1.54) is 18.7 Å². The molecule has 2 heterocycles. The lowest BCUT2D eigenvalue weighted by molar-refractivity contribution is -0.143. The van der Waals surface area contributed by atoms with Crippen LogP contribution in [0.1, 0.15) is 76.5 Å². The molecule has 7 amide bonds. The number of nitrogens with zero attached hydrogens (tertiary/aromatic N) is 1. The molecule has 8 N–H and O–H groups in total. The van der Waals surface area contributed by atoms with Crippen molar-refractivity contribution in [1.29, 1.82) is 0 Å². The second kappa shape index (κ2) is 19.9. The molecule has 5 rings (SSSR count). The van der Waals surface area contributed by atoms with Crippen molar-refractivity contribution >= 4 is 41.4 Å². The van der Waals surface area contributed by atoms with Gasteiger partial charge in [-0.25, -0.2) is 0 Å². The van der Waals surface area contributed by atoms with E-state index in [1.807, 2.05) is 13.8 Å². The fraction of sp³-hybridized carbons (Fsp3) is 0.548. The lowest BCUT2D eigenvalue weighted by Gasteiger charge is -2.31. The van der Waals surface area contributed by atoms with Crippen LogP contribution in [0, 0.1) is 11.8 Å². The molecule has 3 aliphatic rings. The molecule has 314 valence electrons. The number of amides is 7. The zero-order valence-electron chi connectivity index (χ0n) is 33.5. The molecule has 16 nitrogen and oxygen atoms in total. The third kappa shape index (κ3) is 11.4. The molecule has 58 heavy (non-hydrogen) atoms. The number of hydrogen-bond donors (Lipinski definition) is 8. The smallest absolute Gasteiger partial charge is 0.246 e. The van der Waals surface area contributed by atoms with Crippen molar-refractivity contribution in [3.8, 4) is 0 Å². The number of nitrogens with one attached hydrogen (secondary N) is 6. The number of aliphatic hydroxyl groups is 2. The topological polar surface area (TPSA) is 235 Å². The van der Waals surface area contributed by atoms with Gasteiger partial charge >= 0.3 is 0 Å². The molecular weight excluding hydrogens is 747 g/mol. The molecule has 0 radical (unpaired) electrons. The van der Waals surface area contributed by atoms with Gasteiger partial charge in [0.05, 0.1) is 25.0 Å². The van der Waals surface area contributed by atoms with Crippen LogP contribution in [-0.4, -0.2) is 111 Å². The summed E-state index contributed by atoms with van der Waals surface area (Å²) in [5.74, 6) is -4.91. The van der Waals surface area contributed by atoms with Crippen molar-refractivity contribution in [3.63, 3.8) is 0 Å². The monoisotopic (exact) mass is 803 g/mol. The highest BCUT2D eigenvalue weighted by Crippen LogP contribution is 2.27. The van der Waals surface area contributed by atoms with Gasteiger partial charge in [0.1, 0.15) is 30.2 Å². The van der Waals surface area contributed by atoms with Crippen LogP contribution in [0.25, 0.3) is 0 Å². The van der Waals surface area contributed by atoms with E-state index < -0.39 is 89.8 Å². The molecule has 1 unspecified atom stereocenters. The summed E-state index contributed by atoms with van der Waals surface area (Å²) in [6, 6.07) is 8.35. The number of carbonyl (C=O) groups excluding carboxylic acids is 7. The third-order valence-electron chi connectivity index (χ3n) is 11.1. The summed E-state index contributed by atoms with van der Waals surface area (Å²) in [4.78, 5) is 98.4. The lowest BCUT2D eigenvalue weighted by Crippen LogP contribution is -2.61. The van der Waals surface area contributed by atoms with Crippen LogP contribution in [0.15, 0.2) is 54.6 Å². The maximum absolute atomic E-state index is 14.7. The quantitative estimate of drug-likeness (QED) is 0.167. The van der Waals surface area contributed by atoms with Gasteiger partial charge in [-0.1, -0.05) is 74.9 Å². The Morgan fingerprint density at radius 1 is 0.776 bits per heavy atom. The van der Waals surface area contributed by atoms with E-state index in [1.54, 1.807) is 54.6 Å². The number of hydrogen-bond acceptors (Lipinski definition) is 9. The zero-order valence-corrected chi connectivity index (χ0v) is 33.5. The molecule has 2 aromatic rings. The minimum atomic E-state index is -1.53. The van der Waals surface area contributed by atoms with Crippen LogP contribution in [0.2, 0.25) is 0 Å². The minimum Gasteiger partial charge on any atom is -0.392 e. The standard InChI is InChI=1S/C42H57N7O9/c1-23(2)17-32-39(55)48-36(25(4)51)41(57)47-33(18-26-9-6-5-7-10-26)42(58)49-21-29(44-35(52)19-27-13-15-28(22-50)16-14-27)20-34(49)40(56)43-24(3)37(53)45-31-12-8-11-30(31)38(54)46-32/h5-7,9-10,13-16,23-25,29-34,36,50-51H,8,11-12,17-22H2,1-4H3,(H,43,56)(H,44,52)(H,45,53)(H,46,54)(H,47,57)(H,48,55)/t24-,25+,29+,30+,31+,32-,33-,34?,36-/m0/s1. The van der Waals surface area contributed by atoms with Gasteiger partial charge in [0, 0.05) is 25.0 Å². The van der Waals surface area contributed by atoms with Gasteiger partial charge in [-0.15, -0.1) is 0 Å². The Kier molecular flexibility index (Phi) is 15.0. The van der Waals surface area contributed by atoms with E-state index in [4.69, 9.17) is 0 Å². The highest BCUT2D eigenvalue weighted by molar-refractivity contribution is 5.97. The second-order valence-electron chi connectivity index (χ2n) is 16.2. The average molecular weight is 804 g/mol. The van der Waals surface area contributed by atoms with Gasteiger partial charge in [0.25, 0.3) is 0 Å². The molecule has 2 aromatic carbocycles. The van der Waals surface area contributed by atoms with E-state index in [0.717, 1.165) is 0 Å². The Labute approximate surface area is 338 Å². The summed E-state index contributed by atoms with van der Waals surface area (Å²) in [6.07, 6.45) is 0.374. The Hall–Kier alpha value is -5.35. The largest absolute Gasteiger partial charge is 0.392 e. The van der Waals surface area contributed by atoms with Crippen molar-refractivity contribution in [3.05, 3.63) is 71.3 Å². The first kappa shape index (κ1) is 43.8. The third-order valence-corrected chi connectivity index (χ3v) is 11.1. The highest BCUT2D eigenvalue weighted by atomic mass is 16.3. The maximum Gasteiger partial charge on any atom is 0.246 e. The Morgan fingerprint density at radius 2 is 1.45 bits per heavy atom. The summed E-state index contributed by atoms with van der Waals surface area (Å²) < 4.78 is 0. The molecule has 2 aliphatic heterocycles. The van der Waals surface area contributed by atoms with E-state index >= 15 is 0 Å². The van der Waals surface area contributed by atoms with Crippen LogP contribution in [-0.2, 0) is 53.0 Å². The van der Waals surface area contributed by atoms with E-state index in [9.17, 15) is 43.8 Å². The minimum absolute atomic E-state index is 0.00156. The highest BCUT2D eigenvalue weighted by Gasteiger charge is 2.44. The first-order chi connectivity index (χ1) is 27.6. The predicted octanol–water partition coefficient (Wildman–Crippen LogP) is -0.266. The van der Waals surface area contributed by atoms with Crippen molar-refractivity contribution in [2.75, 3.05) is 6.54 Å². The van der Waals surface area contributed by atoms with Crippen LogP contribution in [0.3, 0.4) is 0 Å².